The molecule has 0 aromatic heterocycles. The van der Waals surface area contributed by atoms with Crippen LogP contribution in [0.15, 0.2) is 48.5 Å². The van der Waals surface area contributed by atoms with E-state index in [9.17, 15) is 9.59 Å². The number of piperidine rings is 1. The van der Waals surface area contributed by atoms with E-state index in [1.165, 1.54) is 5.56 Å². The van der Waals surface area contributed by atoms with Gasteiger partial charge in [0, 0.05) is 18.8 Å². The van der Waals surface area contributed by atoms with Gasteiger partial charge in [0.15, 0.2) is 0 Å². The van der Waals surface area contributed by atoms with Crippen LogP contribution in [0.25, 0.3) is 0 Å². The summed E-state index contributed by atoms with van der Waals surface area (Å²) in [5.41, 5.74) is 4.00. The second-order valence-electron chi connectivity index (χ2n) is 8.24. The van der Waals surface area contributed by atoms with Crippen LogP contribution in [0.5, 0.6) is 0 Å². The van der Waals surface area contributed by atoms with E-state index in [1.807, 2.05) is 57.2 Å². The second-order valence-corrected chi connectivity index (χ2v) is 8.24. The maximum Gasteiger partial charge on any atom is 0.243 e. The molecule has 1 heterocycles. The Morgan fingerprint density at radius 2 is 1.68 bits per heavy atom. The number of para-hydroxylation sites is 1. The van der Waals surface area contributed by atoms with Crippen LogP contribution in [0.1, 0.15) is 36.5 Å². The Balaban J connectivity index is 1.39. The number of ether oxygens (including phenoxy) is 1. The quantitative estimate of drug-likeness (QED) is 0.683. The van der Waals surface area contributed by atoms with E-state index in [0.717, 1.165) is 42.7 Å². The molecule has 2 N–H and O–H groups in total. The highest BCUT2D eigenvalue weighted by atomic mass is 16.5. The van der Waals surface area contributed by atoms with Crippen LogP contribution in [-0.2, 0) is 20.9 Å². The number of nitrogens with zero attached hydrogens (tertiary/aromatic N) is 1. The van der Waals surface area contributed by atoms with Crippen LogP contribution in [0.4, 0.5) is 5.69 Å². The van der Waals surface area contributed by atoms with E-state index < -0.39 is 0 Å². The van der Waals surface area contributed by atoms with E-state index >= 15 is 0 Å². The van der Waals surface area contributed by atoms with Crippen LogP contribution in [-0.4, -0.2) is 48.5 Å². The first-order valence-electron chi connectivity index (χ1n) is 11.0. The van der Waals surface area contributed by atoms with Crippen molar-refractivity contribution in [2.24, 2.45) is 0 Å². The first-order chi connectivity index (χ1) is 14.9. The minimum Gasteiger partial charge on any atom is -0.373 e. The molecule has 0 spiro atoms. The van der Waals surface area contributed by atoms with Crippen molar-refractivity contribution in [2.45, 2.75) is 52.4 Å². The number of carbonyl (C=O) groups excluding carboxylic acids is 2. The highest BCUT2D eigenvalue weighted by Crippen LogP contribution is 2.19. The van der Waals surface area contributed by atoms with Gasteiger partial charge < -0.3 is 15.4 Å². The van der Waals surface area contributed by atoms with Gasteiger partial charge in [-0.1, -0.05) is 48.5 Å². The van der Waals surface area contributed by atoms with Gasteiger partial charge in [0.25, 0.3) is 0 Å². The molecule has 0 saturated carbocycles. The maximum atomic E-state index is 12.6. The molecule has 1 unspecified atom stereocenters. The summed E-state index contributed by atoms with van der Waals surface area (Å²) in [5, 5.41) is 5.67. The lowest BCUT2D eigenvalue weighted by molar-refractivity contribution is -0.129. The number of likely N-dealkylation sites (tertiary alicyclic amines) is 1. The van der Waals surface area contributed by atoms with Crippen LogP contribution >= 0.6 is 0 Å². The van der Waals surface area contributed by atoms with Gasteiger partial charge in [-0.3, -0.25) is 14.5 Å². The third-order valence-corrected chi connectivity index (χ3v) is 5.90. The molecule has 0 bridgehead atoms. The third-order valence-electron chi connectivity index (χ3n) is 5.90. The van der Waals surface area contributed by atoms with Crippen LogP contribution < -0.4 is 10.6 Å². The normalized spacial score (nSPS) is 16.0. The molecule has 6 nitrogen and oxygen atoms in total. The summed E-state index contributed by atoms with van der Waals surface area (Å²) < 4.78 is 6.03. The summed E-state index contributed by atoms with van der Waals surface area (Å²) in [6, 6.07) is 15.8. The molecule has 1 aliphatic heterocycles. The van der Waals surface area contributed by atoms with Gasteiger partial charge in [0.1, 0.15) is 0 Å². The minimum atomic E-state index is -0.275. The Labute approximate surface area is 185 Å². The molecule has 166 valence electrons. The molecule has 0 aliphatic carbocycles. The lowest BCUT2D eigenvalue weighted by Crippen LogP contribution is -2.50. The zero-order valence-corrected chi connectivity index (χ0v) is 18.7. The predicted molar refractivity (Wildman–Crippen MR) is 123 cm³/mol. The van der Waals surface area contributed by atoms with E-state index in [1.54, 1.807) is 0 Å². The fourth-order valence-electron chi connectivity index (χ4n) is 3.89. The van der Waals surface area contributed by atoms with Crippen LogP contribution in [0.2, 0.25) is 0 Å². The fourth-order valence-corrected chi connectivity index (χ4v) is 3.89. The number of anilines is 1. The monoisotopic (exact) mass is 423 g/mol. The minimum absolute atomic E-state index is 0.0341. The summed E-state index contributed by atoms with van der Waals surface area (Å²) in [4.78, 5) is 27.0. The smallest absolute Gasteiger partial charge is 0.243 e. The standard InChI is InChI=1S/C25H33N3O3/c1-18-8-7-9-19(2)24(18)27-23(29)16-26-25(30)20(3)28-14-12-22(13-15-28)31-17-21-10-5-4-6-11-21/h4-11,20,22H,12-17H2,1-3H3,(H,26,30)(H,27,29). The number of carbonyl (C=O) groups is 2. The average Bonchev–Trinajstić information content (AvgIpc) is 2.79. The van der Waals surface area contributed by atoms with E-state index in [-0.39, 0.29) is 30.5 Å². The zero-order valence-electron chi connectivity index (χ0n) is 18.7. The zero-order chi connectivity index (χ0) is 22.2. The number of hydrogen-bond donors (Lipinski definition) is 2. The number of benzene rings is 2. The van der Waals surface area contributed by atoms with Crippen molar-refractivity contribution < 1.29 is 14.3 Å². The molecule has 1 atom stereocenters. The fraction of sp³-hybridized carbons (Fsp3) is 0.440. The Morgan fingerprint density at radius 1 is 1.03 bits per heavy atom. The van der Waals surface area contributed by atoms with Crippen LogP contribution in [0.3, 0.4) is 0 Å². The molecule has 2 aromatic carbocycles. The summed E-state index contributed by atoms with van der Waals surface area (Å²) in [7, 11) is 0. The van der Waals surface area contributed by atoms with Crippen molar-refractivity contribution in [3.63, 3.8) is 0 Å². The molecule has 2 amide bonds. The van der Waals surface area contributed by atoms with Crippen molar-refractivity contribution in [3.8, 4) is 0 Å². The van der Waals surface area contributed by atoms with E-state index in [4.69, 9.17) is 4.74 Å². The second kappa shape index (κ2) is 11.1. The Kier molecular flexibility index (Phi) is 8.20. The Morgan fingerprint density at radius 3 is 2.32 bits per heavy atom. The van der Waals surface area contributed by atoms with Crippen molar-refractivity contribution in [3.05, 3.63) is 65.2 Å². The molecule has 1 aliphatic rings. The SMILES string of the molecule is Cc1cccc(C)c1NC(=O)CNC(=O)C(C)N1CCC(OCc2ccccc2)CC1. The Bertz CT molecular complexity index is 857. The highest BCUT2D eigenvalue weighted by molar-refractivity contribution is 5.96. The number of aryl methyl sites for hydroxylation is 2. The van der Waals surface area contributed by atoms with Gasteiger partial charge in [0.05, 0.1) is 25.3 Å². The summed E-state index contributed by atoms with van der Waals surface area (Å²) in [6.45, 7) is 8.01. The van der Waals surface area contributed by atoms with Gasteiger partial charge in [-0.25, -0.2) is 0 Å². The number of nitrogens with one attached hydrogen (secondary N) is 2. The largest absolute Gasteiger partial charge is 0.373 e. The third kappa shape index (κ3) is 6.64. The lowest BCUT2D eigenvalue weighted by Gasteiger charge is -2.35. The molecule has 3 rings (SSSR count). The van der Waals surface area contributed by atoms with Crippen molar-refractivity contribution in [1.82, 2.24) is 10.2 Å². The molecular formula is C25H33N3O3. The van der Waals surface area contributed by atoms with Gasteiger partial charge in [-0.2, -0.15) is 0 Å². The number of hydrogen-bond acceptors (Lipinski definition) is 4. The first-order valence-corrected chi connectivity index (χ1v) is 11.0. The van der Waals surface area contributed by atoms with Gasteiger partial charge in [-0.05, 0) is 50.3 Å². The first kappa shape index (κ1) is 23.0. The average molecular weight is 424 g/mol. The topological polar surface area (TPSA) is 70.7 Å². The highest BCUT2D eigenvalue weighted by Gasteiger charge is 2.27. The van der Waals surface area contributed by atoms with E-state index in [0.29, 0.717) is 6.61 Å². The van der Waals surface area contributed by atoms with E-state index in [2.05, 4.69) is 27.7 Å². The maximum absolute atomic E-state index is 12.6. The molecule has 1 fully saturated rings. The molecule has 0 radical (unpaired) electrons. The molecule has 31 heavy (non-hydrogen) atoms. The number of amides is 2. The molecule has 2 aromatic rings. The van der Waals surface area contributed by atoms with Crippen LogP contribution in [0, 0.1) is 13.8 Å². The van der Waals surface area contributed by atoms with Gasteiger partial charge in [-0.15, -0.1) is 0 Å². The Hall–Kier alpha value is -2.70. The number of rotatable bonds is 8. The van der Waals surface area contributed by atoms with Gasteiger partial charge >= 0.3 is 0 Å². The van der Waals surface area contributed by atoms with Crippen molar-refractivity contribution >= 4 is 17.5 Å². The molecule has 1 saturated heterocycles. The van der Waals surface area contributed by atoms with Crippen molar-refractivity contribution in [2.75, 3.05) is 25.0 Å². The van der Waals surface area contributed by atoms with Gasteiger partial charge in [0.2, 0.25) is 11.8 Å². The summed E-state index contributed by atoms with van der Waals surface area (Å²) in [6.07, 6.45) is 2.02. The van der Waals surface area contributed by atoms with Crippen molar-refractivity contribution in [1.29, 1.82) is 0 Å². The molecular weight excluding hydrogens is 390 g/mol. The lowest BCUT2D eigenvalue weighted by atomic mass is 10.1. The summed E-state index contributed by atoms with van der Waals surface area (Å²) >= 11 is 0. The summed E-state index contributed by atoms with van der Waals surface area (Å²) in [5.74, 6) is -0.341. The molecule has 6 heteroatoms. The predicted octanol–water partition coefficient (Wildman–Crippen LogP) is 3.43.